The molecule has 1 aromatic carbocycles. The van der Waals surface area contributed by atoms with E-state index in [-0.39, 0.29) is 11.7 Å². The third-order valence-electron chi connectivity index (χ3n) is 3.60. The average Bonchev–Trinajstić information content (AvgIpc) is 2.49. The summed E-state index contributed by atoms with van der Waals surface area (Å²) in [5.41, 5.74) is 0.997. The van der Waals surface area contributed by atoms with E-state index in [9.17, 15) is 18.7 Å². The highest BCUT2D eigenvalue weighted by atomic mass is 19.3. The molecule has 1 atom stereocenters. The third-order valence-corrected chi connectivity index (χ3v) is 3.60. The van der Waals surface area contributed by atoms with Crippen molar-refractivity contribution in [1.29, 1.82) is 0 Å². The van der Waals surface area contributed by atoms with Crippen molar-refractivity contribution in [2.45, 2.75) is 26.2 Å². The number of nitrogens with zero attached hydrogens (tertiary/aromatic N) is 2. The van der Waals surface area contributed by atoms with Crippen molar-refractivity contribution in [2.75, 3.05) is 26.2 Å². The molecule has 0 aromatic heterocycles. The van der Waals surface area contributed by atoms with Crippen LogP contribution in [0.2, 0.25) is 0 Å². The molecule has 1 aliphatic rings. The van der Waals surface area contributed by atoms with Crippen LogP contribution in [0.4, 0.5) is 8.78 Å². The molecule has 1 saturated heterocycles. The van der Waals surface area contributed by atoms with Gasteiger partial charge in [-0.3, -0.25) is 9.69 Å². The summed E-state index contributed by atoms with van der Waals surface area (Å²) in [7, 11) is 0. The number of benzene rings is 1. The van der Waals surface area contributed by atoms with E-state index >= 15 is 0 Å². The van der Waals surface area contributed by atoms with Crippen LogP contribution in [0.25, 0.3) is 0 Å². The van der Waals surface area contributed by atoms with Gasteiger partial charge in [-0.1, -0.05) is 12.1 Å². The fraction of sp³-hybridized carbons (Fsp3) is 0.533. The Morgan fingerprint density at radius 2 is 1.82 bits per heavy atom. The van der Waals surface area contributed by atoms with Gasteiger partial charge in [0.1, 0.15) is 11.9 Å². The van der Waals surface area contributed by atoms with Crippen LogP contribution < -0.4 is 4.74 Å². The summed E-state index contributed by atoms with van der Waals surface area (Å²) in [4.78, 5) is 15.5. The van der Waals surface area contributed by atoms with Crippen molar-refractivity contribution in [2.24, 2.45) is 0 Å². The van der Waals surface area contributed by atoms with E-state index < -0.39 is 12.7 Å². The van der Waals surface area contributed by atoms with Crippen molar-refractivity contribution < 1.29 is 23.4 Å². The highest BCUT2D eigenvalue weighted by Crippen LogP contribution is 2.16. The number of rotatable bonds is 5. The van der Waals surface area contributed by atoms with Crippen LogP contribution in [0.5, 0.6) is 5.75 Å². The van der Waals surface area contributed by atoms with Crippen LogP contribution in [0, 0.1) is 0 Å². The first-order chi connectivity index (χ1) is 10.5. The summed E-state index contributed by atoms with van der Waals surface area (Å²) in [5, 5.41) is 9.29. The van der Waals surface area contributed by atoms with E-state index in [0.29, 0.717) is 32.7 Å². The minimum Gasteiger partial charge on any atom is -0.435 e. The first-order valence-electron chi connectivity index (χ1n) is 7.18. The average molecular weight is 314 g/mol. The Kier molecular flexibility index (Phi) is 5.68. The summed E-state index contributed by atoms with van der Waals surface area (Å²) in [6.45, 7) is 1.93. The Labute approximate surface area is 128 Å². The molecule has 7 heteroatoms. The van der Waals surface area contributed by atoms with Gasteiger partial charge < -0.3 is 14.7 Å². The number of amides is 1. The first-order valence-corrected chi connectivity index (χ1v) is 7.18. The quantitative estimate of drug-likeness (QED) is 0.890. The van der Waals surface area contributed by atoms with Gasteiger partial charge in [-0.05, 0) is 24.6 Å². The second-order valence-electron chi connectivity index (χ2n) is 5.30. The number of alkyl halides is 2. The van der Waals surface area contributed by atoms with Crippen LogP contribution in [0.3, 0.4) is 0 Å². The minimum absolute atomic E-state index is 0.145. The van der Waals surface area contributed by atoms with E-state index in [2.05, 4.69) is 9.64 Å². The minimum atomic E-state index is -2.81. The number of ether oxygens (including phenoxy) is 1. The Balaban J connectivity index is 1.82. The van der Waals surface area contributed by atoms with Crippen molar-refractivity contribution in [3.8, 4) is 5.75 Å². The largest absolute Gasteiger partial charge is 0.435 e. The number of aliphatic hydroxyl groups is 1. The molecule has 1 amide bonds. The van der Waals surface area contributed by atoms with Gasteiger partial charge in [-0.25, -0.2) is 0 Å². The Morgan fingerprint density at radius 1 is 1.23 bits per heavy atom. The number of aliphatic hydroxyl groups excluding tert-OH is 1. The molecule has 1 unspecified atom stereocenters. The summed E-state index contributed by atoms with van der Waals surface area (Å²) in [5.74, 6) is -0.0979. The van der Waals surface area contributed by atoms with Gasteiger partial charge in [0.15, 0.2) is 0 Å². The Morgan fingerprint density at radius 3 is 2.32 bits per heavy atom. The second-order valence-corrected chi connectivity index (χ2v) is 5.30. The zero-order valence-corrected chi connectivity index (χ0v) is 12.4. The molecule has 5 nitrogen and oxygen atoms in total. The highest BCUT2D eigenvalue weighted by Gasteiger charge is 2.23. The molecule has 1 aliphatic heterocycles. The summed E-state index contributed by atoms with van der Waals surface area (Å²) < 4.78 is 28.5. The van der Waals surface area contributed by atoms with Gasteiger partial charge >= 0.3 is 6.61 Å². The number of hydrogen-bond donors (Lipinski definition) is 1. The lowest BCUT2D eigenvalue weighted by Crippen LogP contribution is -2.50. The van der Waals surface area contributed by atoms with E-state index in [1.54, 1.807) is 17.0 Å². The molecule has 2 rings (SSSR count). The molecule has 1 heterocycles. The molecule has 0 aliphatic carbocycles. The van der Waals surface area contributed by atoms with E-state index in [1.165, 1.54) is 19.1 Å². The molecule has 0 saturated carbocycles. The van der Waals surface area contributed by atoms with Gasteiger partial charge in [0.2, 0.25) is 0 Å². The van der Waals surface area contributed by atoms with Gasteiger partial charge in [-0.15, -0.1) is 0 Å². The number of carbonyl (C=O) groups excluding carboxylic acids is 1. The topological polar surface area (TPSA) is 53.0 Å². The van der Waals surface area contributed by atoms with Gasteiger partial charge in [0.05, 0.1) is 0 Å². The maximum Gasteiger partial charge on any atom is 0.387 e. The van der Waals surface area contributed by atoms with Crippen LogP contribution in [-0.2, 0) is 11.3 Å². The molecule has 1 fully saturated rings. The van der Waals surface area contributed by atoms with Gasteiger partial charge in [-0.2, -0.15) is 8.78 Å². The maximum absolute atomic E-state index is 12.1. The molecule has 22 heavy (non-hydrogen) atoms. The van der Waals surface area contributed by atoms with Crippen molar-refractivity contribution >= 4 is 5.91 Å². The maximum atomic E-state index is 12.1. The smallest absolute Gasteiger partial charge is 0.387 e. The SMILES string of the molecule is CC(O)C(=O)N1CCN(Cc2ccc(OC(F)F)cc2)CC1. The molecular weight excluding hydrogens is 294 g/mol. The lowest BCUT2D eigenvalue weighted by atomic mass is 10.2. The normalized spacial score (nSPS) is 17.6. The van der Waals surface area contributed by atoms with Crippen LogP contribution >= 0.6 is 0 Å². The molecule has 0 spiro atoms. The number of hydrogen-bond acceptors (Lipinski definition) is 4. The summed E-state index contributed by atoms with van der Waals surface area (Å²) >= 11 is 0. The van der Waals surface area contributed by atoms with Crippen molar-refractivity contribution in [3.05, 3.63) is 29.8 Å². The van der Waals surface area contributed by atoms with Gasteiger partial charge in [0.25, 0.3) is 5.91 Å². The van der Waals surface area contributed by atoms with Gasteiger partial charge in [0, 0.05) is 32.7 Å². The fourth-order valence-electron chi connectivity index (χ4n) is 2.43. The lowest BCUT2D eigenvalue weighted by molar-refractivity contribution is -0.141. The Hall–Kier alpha value is -1.73. The Bertz CT molecular complexity index is 486. The summed E-state index contributed by atoms with van der Waals surface area (Å²) in [6.07, 6.45) is -0.964. The highest BCUT2D eigenvalue weighted by molar-refractivity contribution is 5.80. The van der Waals surface area contributed by atoms with E-state index in [4.69, 9.17) is 0 Å². The van der Waals surface area contributed by atoms with Crippen molar-refractivity contribution in [3.63, 3.8) is 0 Å². The fourth-order valence-corrected chi connectivity index (χ4v) is 2.43. The van der Waals surface area contributed by atoms with Crippen LogP contribution in [0.1, 0.15) is 12.5 Å². The molecule has 122 valence electrons. The molecular formula is C15H20F2N2O3. The zero-order valence-electron chi connectivity index (χ0n) is 12.4. The second kappa shape index (κ2) is 7.51. The number of piperazine rings is 1. The first kappa shape index (κ1) is 16.6. The molecule has 1 N–H and O–H groups in total. The van der Waals surface area contributed by atoms with E-state index in [0.717, 1.165) is 5.56 Å². The van der Waals surface area contributed by atoms with Crippen LogP contribution in [-0.4, -0.2) is 59.7 Å². The zero-order chi connectivity index (χ0) is 16.1. The van der Waals surface area contributed by atoms with E-state index in [1.807, 2.05) is 0 Å². The predicted molar refractivity (Wildman–Crippen MR) is 76.6 cm³/mol. The number of halogens is 2. The monoisotopic (exact) mass is 314 g/mol. The number of carbonyl (C=O) groups is 1. The summed E-state index contributed by atoms with van der Waals surface area (Å²) in [6, 6.07) is 6.56. The molecule has 0 bridgehead atoms. The molecule has 1 aromatic rings. The lowest BCUT2D eigenvalue weighted by Gasteiger charge is -2.35. The standard InChI is InChI=1S/C15H20F2N2O3/c1-11(20)14(21)19-8-6-18(7-9-19)10-12-2-4-13(5-3-12)22-15(16)17/h2-5,11,15,20H,6-10H2,1H3. The third kappa shape index (κ3) is 4.64. The predicted octanol–water partition coefficient (Wildman–Crippen LogP) is 1.31. The van der Waals surface area contributed by atoms with Crippen LogP contribution in [0.15, 0.2) is 24.3 Å². The molecule has 0 radical (unpaired) electrons. The van der Waals surface area contributed by atoms with Crippen molar-refractivity contribution in [1.82, 2.24) is 9.80 Å².